The van der Waals surface area contributed by atoms with Gasteiger partial charge in [0.25, 0.3) is 5.91 Å². The maximum atomic E-state index is 12.9. The van der Waals surface area contributed by atoms with Crippen LogP contribution in [0.15, 0.2) is 46.2 Å². The normalized spacial score (nSPS) is 11.6. The molecule has 2 aromatic rings. The van der Waals surface area contributed by atoms with Gasteiger partial charge in [0, 0.05) is 21.2 Å². The van der Waals surface area contributed by atoms with Gasteiger partial charge in [0.05, 0.1) is 11.1 Å². The van der Waals surface area contributed by atoms with Crippen LogP contribution in [-0.2, 0) is 4.79 Å². The molecule has 166 valence electrons. The Labute approximate surface area is 190 Å². The average Bonchev–Trinajstić information content (AvgIpc) is 2.76. The lowest BCUT2D eigenvalue weighted by Crippen LogP contribution is -2.44. The van der Waals surface area contributed by atoms with Gasteiger partial charge in [-0.1, -0.05) is 0 Å². The van der Waals surface area contributed by atoms with Crippen LogP contribution in [-0.4, -0.2) is 42.8 Å². The minimum Gasteiger partial charge on any atom is -0.399 e. The van der Waals surface area contributed by atoms with Crippen molar-refractivity contribution >= 4 is 52.6 Å². The van der Waals surface area contributed by atoms with Crippen LogP contribution in [0.4, 0.5) is 11.4 Å². The fraction of sp³-hybridized carbons (Fsp3) is 0.286. The zero-order valence-electron chi connectivity index (χ0n) is 17.4. The number of anilines is 2. The predicted octanol–water partition coefficient (Wildman–Crippen LogP) is 2.29. The molecule has 0 bridgehead atoms. The standard InChI is InChI=1S/C21H27N5O3S2/c1-30-17-8-6-13(11-14(17)19(24)27)25-21(29)16(4-3-9-22)26-20(28)15-10-12(23)5-7-18(15)31-2/h5-8,10-11,16H,3-4,9,22-23H2,1-2H3,(H2,24,27)(H,25,29)(H,26,28)/t16-/m0/s1. The summed E-state index contributed by atoms with van der Waals surface area (Å²) in [6.07, 6.45) is 4.59. The summed E-state index contributed by atoms with van der Waals surface area (Å²) in [5, 5.41) is 5.53. The Balaban J connectivity index is 2.23. The van der Waals surface area contributed by atoms with Crippen LogP contribution in [0.25, 0.3) is 0 Å². The van der Waals surface area contributed by atoms with Crippen LogP contribution in [0.5, 0.6) is 0 Å². The third-order valence-corrected chi connectivity index (χ3v) is 6.11. The summed E-state index contributed by atoms with van der Waals surface area (Å²) in [5.41, 5.74) is 18.5. The number of nitrogens with one attached hydrogen (secondary N) is 2. The first-order valence-electron chi connectivity index (χ1n) is 9.53. The first kappa shape index (κ1) is 24.6. The van der Waals surface area contributed by atoms with Gasteiger partial charge in [0.2, 0.25) is 11.8 Å². The summed E-state index contributed by atoms with van der Waals surface area (Å²) in [7, 11) is 0. The molecule has 0 saturated carbocycles. The fourth-order valence-electron chi connectivity index (χ4n) is 2.94. The van der Waals surface area contributed by atoms with Gasteiger partial charge < -0.3 is 27.8 Å². The molecule has 10 heteroatoms. The van der Waals surface area contributed by atoms with Gasteiger partial charge in [-0.15, -0.1) is 23.5 Å². The zero-order chi connectivity index (χ0) is 23.0. The molecule has 0 aliphatic heterocycles. The Hall–Kier alpha value is -2.69. The van der Waals surface area contributed by atoms with Crippen LogP contribution in [0.3, 0.4) is 0 Å². The molecule has 3 amide bonds. The Morgan fingerprint density at radius 1 is 1.00 bits per heavy atom. The number of carbonyl (C=O) groups excluding carboxylic acids is 3. The van der Waals surface area contributed by atoms with Gasteiger partial charge >= 0.3 is 0 Å². The van der Waals surface area contributed by atoms with Crippen LogP contribution < -0.4 is 27.8 Å². The number of rotatable bonds is 10. The summed E-state index contributed by atoms with van der Waals surface area (Å²) >= 11 is 2.80. The number of benzene rings is 2. The number of thioether (sulfide) groups is 2. The molecule has 0 aromatic heterocycles. The Morgan fingerprint density at radius 3 is 2.26 bits per heavy atom. The van der Waals surface area contributed by atoms with Gasteiger partial charge in [0.1, 0.15) is 6.04 Å². The number of hydrogen-bond acceptors (Lipinski definition) is 7. The van der Waals surface area contributed by atoms with Crippen LogP contribution >= 0.6 is 23.5 Å². The molecule has 31 heavy (non-hydrogen) atoms. The lowest BCUT2D eigenvalue weighted by atomic mass is 10.1. The Morgan fingerprint density at radius 2 is 1.65 bits per heavy atom. The van der Waals surface area contributed by atoms with E-state index >= 15 is 0 Å². The Kier molecular flexibility index (Phi) is 9.22. The van der Waals surface area contributed by atoms with E-state index in [9.17, 15) is 14.4 Å². The number of hydrogen-bond donors (Lipinski definition) is 5. The molecule has 8 N–H and O–H groups in total. The Bertz CT molecular complexity index is 968. The van der Waals surface area contributed by atoms with E-state index < -0.39 is 23.8 Å². The van der Waals surface area contributed by atoms with Gasteiger partial charge in [0.15, 0.2) is 0 Å². The molecule has 0 spiro atoms. The number of primary amides is 1. The number of nitrogens with two attached hydrogens (primary N) is 3. The number of carbonyl (C=O) groups is 3. The van der Waals surface area contributed by atoms with Crippen molar-refractivity contribution in [2.24, 2.45) is 11.5 Å². The highest BCUT2D eigenvalue weighted by atomic mass is 32.2. The third kappa shape index (κ3) is 6.65. The number of amides is 3. The SMILES string of the molecule is CSc1ccc(NC(=O)[C@H](CCCN)NC(=O)c2cc(N)ccc2SC)cc1C(N)=O. The predicted molar refractivity (Wildman–Crippen MR) is 128 cm³/mol. The molecule has 0 aliphatic rings. The molecule has 0 fully saturated rings. The van der Waals surface area contributed by atoms with E-state index in [0.29, 0.717) is 46.8 Å². The molecule has 8 nitrogen and oxygen atoms in total. The monoisotopic (exact) mass is 461 g/mol. The molecule has 0 radical (unpaired) electrons. The summed E-state index contributed by atoms with van der Waals surface area (Å²) in [6.45, 7) is 0.377. The first-order valence-corrected chi connectivity index (χ1v) is 12.0. The smallest absolute Gasteiger partial charge is 0.253 e. The molecule has 0 heterocycles. The molecule has 0 aliphatic carbocycles. The van der Waals surface area contributed by atoms with E-state index in [1.165, 1.54) is 29.6 Å². The van der Waals surface area contributed by atoms with E-state index in [2.05, 4.69) is 10.6 Å². The van der Waals surface area contributed by atoms with Crippen molar-refractivity contribution in [3.63, 3.8) is 0 Å². The van der Waals surface area contributed by atoms with E-state index in [4.69, 9.17) is 17.2 Å². The van der Waals surface area contributed by atoms with Gasteiger partial charge in [-0.3, -0.25) is 14.4 Å². The summed E-state index contributed by atoms with van der Waals surface area (Å²) in [5.74, 6) is -1.40. The van der Waals surface area contributed by atoms with Crippen LogP contribution in [0.2, 0.25) is 0 Å². The molecule has 2 aromatic carbocycles. The van der Waals surface area contributed by atoms with Crippen LogP contribution in [0.1, 0.15) is 33.6 Å². The minimum atomic E-state index is -0.815. The van der Waals surface area contributed by atoms with E-state index in [0.717, 1.165) is 4.90 Å². The van der Waals surface area contributed by atoms with Crippen molar-refractivity contribution in [3.8, 4) is 0 Å². The van der Waals surface area contributed by atoms with Crippen molar-refractivity contribution in [1.29, 1.82) is 0 Å². The number of nitrogen functional groups attached to an aromatic ring is 1. The average molecular weight is 462 g/mol. The van der Waals surface area contributed by atoms with Gasteiger partial charge in [-0.2, -0.15) is 0 Å². The second-order valence-corrected chi connectivity index (χ2v) is 8.38. The van der Waals surface area contributed by atoms with Crippen molar-refractivity contribution in [2.45, 2.75) is 28.7 Å². The van der Waals surface area contributed by atoms with Gasteiger partial charge in [-0.05, 0) is 68.3 Å². The largest absolute Gasteiger partial charge is 0.399 e. The highest BCUT2D eigenvalue weighted by Crippen LogP contribution is 2.25. The fourth-order valence-corrected chi connectivity index (χ4v) is 4.10. The third-order valence-electron chi connectivity index (χ3n) is 4.52. The highest BCUT2D eigenvalue weighted by molar-refractivity contribution is 7.99. The minimum absolute atomic E-state index is 0.317. The van der Waals surface area contributed by atoms with Crippen molar-refractivity contribution in [3.05, 3.63) is 47.5 Å². The first-order chi connectivity index (χ1) is 14.8. The van der Waals surface area contributed by atoms with Crippen LogP contribution in [0, 0.1) is 0 Å². The molecule has 0 saturated heterocycles. The summed E-state index contributed by atoms with van der Waals surface area (Å²) in [6, 6.07) is 9.17. The lowest BCUT2D eigenvalue weighted by Gasteiger charge is -2.19. The topological polar surface area (TPSA) is 153 Å². The highest BCUT2D eigenvalue weighted by Gasteiger charge is 2.23. The van der Waals surface area contributed by atoms with Crippen molar-refractivity contribution < 1.29 is 14.4 Å². The van der Waals surface area contributed by atoms with Crippen molar-refractivity contribution in [1.82, 2.24) is 5.32 Å². The molecule has 0 unspecified atom stereocenters. The maximum absolute atomic E-state index is 12.9. The van der Waals surface area contributed by atoms with E-state index in [1.54, 1.807) is 30.3 Å². The molecule has 2 rings (SSSR count). The summed E-state index contributed by atoms with van der Waals surface area (Å²) in [4.78, 5) is 39.0. The molecular formula is C21H27N5O3S2. The van der Waals surface area contributed by atoms with E-state index in [-0.39, 0.29) is 0 Å². The van der Waals surface area contributed by atoms with Crippen molar-refractivity contribution in [2.75, 3.05) is 30.1 Å². The molecular weight excluding hydrogens is 434 g/mol. The van der Waals surface area contributed by atoms with Gasteiger partial charge in [-0.25, -0.2) is 0 Å². The maximum Gasteiger partial charge on any atom is 0.253 e. The second-order valence-electron chi connectivity index (χ2n) is 6.69. The van der Waals surface area contributed by atoms with E-state index in [1.807, 2.05) is 12.5 Å². The summed E-state index contributed by atoms with van der Waals surface area (Å²) < 4.78 is 0. The molecule has 1 atom stereocenters. The second kappa shape index (κ2) is 11.6. The lowest BCUT2D eigenvalue weighted by molar-refractivity contribution is -0.118. The quantitative estimate of drug-likeness (QED) is 0.269. The zero-order valence-corrected chi connectivity index (χ0v) is 19.1.